The summed E-state index contributed by atoms with van der Waals surface area (Å²) in [4.78, 5) is 11.4. The highest BCUT2D eigenvalue weighted by Gasteiger charge is 2.16. The van der Waals surface area contributed by atoms with Crippen LogP contribution in [-0.4, -0.2) is 37.2 Å². The number of hydrogen-bond acceptors (Lipinski definition) is 5. The van der Waals surface area contributed by atoms with Gasteiger partial charge in [0.25, 0.3) is 0 Å². The molecule has 3 N–H and O–H groups in total. The van der Waals surface area contributed by atoms with Crippen LogP contribution in [0.1, 0.15) is 39.2 Å². The van der Waals surface area contributed by atoms with Gasteiger partial charge in [-0.3, -0.25) is 0 Å². The number of ether oxygens (including phenoxy) is 2. The molecule has 1 saturated heterocycles. The van der Waals surface area contributed by atoms with Gasteiger partial charge < -0.3 is 25.4 Å². The summed E-state index contributed by atoms with van der Waals surface area (Å²) in [6.45, 7) is 9.97. The van der Waals surface area contributed by atoms with Crippen molar-refractivity contribution in [1.82, 2.24) is 4.98 Å². The molecule has 1 fully saturated rings. The van der Waals surface area contributed by atoms with Gasteiger partial charge in [-0.25, -0.2) is 9.98 Å². The Morgan fingerprint density at radius 2 is 1.93 bits per heavy atom. The molecular formula is C23H33N5O2. The topological polar surface area (TPSA) is 85.0 Å². The molecule has 1 aliphatic rings. The van der Waals surface area contributed by atoms with Crippen LogP contribution in [-0.2, 0) is 6.54 Å². The summed E-state index contributed by atoms with van der Waals surface area (Å²) in [6, 6.07) is 9.76. The zero-order chi connectivity index (χ0) is 21.3. The second-order valence-corrected chi connectivity index (χ2v) is 7.54. The number of pyridine rings is 1. The zero-order valence-electron chi connectivity index (χ0n) is 18.2. The number of piperidine rings is 1. The SMILES string of the molecule is CCOc1ccc(OCC)c(NC(N)=NCc2ccc(N3CCC(C)CC3)nc2)c1. The second-order valence-electron chi connectivity index (χ2n) is 7.54. The third kappa shape index (κ3) is 6.02. The summed E-state index contributed by atoms with van der Waals surface area (Å²) in [6.07, 6.45) is 4.33. The average molecular weight is 412 g/mol. The number of hydrogen-bond donors (Lipinski definition) is 2. The van der Waals surface area contributed by atoms with E-state index >= 15 is 0 Å². The molecule has 1 aliphatic heterocycles. The summed E-state index contributed by atoms with van der Waals surface area (Å²) in [5.41, 5.74) is 7.87. The normalized spacial score (nSPS) is 15.2. The Labute approximate surface area is 179 Å². The van der Waals surface area contributed by atoms with Crippen LogP contribution in [0.15, 0.2) is 41.5 Å². The van der Waals surface area contributed by atoms with Gasteiger partial charge in [0, 0.05) is 25.4 Å². The number of rotatable bonds is 8. The molecule has 0 saturated carbocycles. The number of nitrogens with zero attached hydrogens (tertiary/aromatic N) is 3. The van der Waals surface area contributed by atoms with Crippen LogP contribution in [0.2, 0.25) is 0 Å². The molecule has 2 aromatic rings. The molecule has 7 nitrogen and oxygen atoms in total. The minimum absolute atomic E-state index is 0.318. The van der Waals surface area contributed by atoms with Crippen molar-refractivity contribution in [2.75, 3.05) is 36.5 Å². The number of anilines is 2. The number of nitrogens with two attached hydrogens (primary N) is 1. The molecule has 7 heteroatoms. The molecule has 0 atom stereocenters. The largest absolute Gasteiger partial charge is 0.494 e. The molecule has 3 rings (SSSR count). The third-order valence-corrected chi connectivity index (χ3v) is 5.17. The van der Waals surface area contributed by atoms with Gasteiger partial charge in [0.05, 0.1) is 25.4 Å². The first-order chi connectivity index (χ1) is 14.6. The fourth-order valence-electron chi connectivity index (χ4n) is 3.43. The minimum atomic E-state index is 0.318. The van der Waals surface area contributed by atoms with Crippen molar-refractivity contribution >= 4 is 17.5 Å². The predicted molar refractivity (Wildman–Crippen MR) is 123 cm³/mol. The lowest BCUT2D eigenvalue weighted by Gasteiger charge is -2.31. The van der Waals surface area contributed by atoms with Gasteiger partial charge in [-0.2, -0.15) is 0 Å². The molecule has 0 unspecified atom stereocenters. The van der Waals surface area contributed by atoms with E-state index in [1.54, 1.807) is 0 Å². The van der Waals surface area contributed by atoms with Gasteiger partial charge in [-0.05, 0) is 56.4 Å². The first-order valence-corrected chi connectivity index (χ1v) is 10.8. The fraction of sp³-hybridized carbons (Fsp3) is 0.478. The third-order valence-electron chi connectivity index (χ3n) is 5.17. The molecule has 0 amide bonds. The Bertz CT molecular complexity index is 830. The standard InChI is InChI=1S/C23H33N5O2/c1-4-29-19-7-8-21(30-5-2)20(14-19)27-23(24)26-16-18-6-9-22(25-15-18)28-12-10-17(3)11-13-28/h6-9,14-15,17H,4-5,10-13,16H2,1-3H3,(H3,24,26,27). The number of benzene rings is 1. The quantitative estimate of drug-likeness (QED) is 0.504. The van der Waals surface area contributed by atoms with Crippen molar-refractivity contribution in [3.63, 3.8) is 0 Å². The molecule has 1 aromatic heterocycles. The number of aliphatic imine (C=N–C) groups is 1. The summed E-state index contributed by atoms with van der Waals surface area (Å²) < 4.78 is 11.2. The van der Waals surface area contributed by atoms with E-state index < -0.39 is 0 Å². The van der Waals surface area contributed by atoms with Crippen molar-refractivity contribution in [2.24, 2.45) is 16.6 Å². The second kappa shape index (κ2) is 10.7. The Hall–Kier alpha value is -2.96. The average Bonchev–Trinajstić information content (AvgIpc) is 2.75. The first-order valence-electron chi connectivity index (χ1n) is 10.8. The van der Waals surface area contributed by atoms with Crippen molar-refractivity contribution < 1.29 is 9.47 Å². The zero-order valence-corrected chi connectivity index (χ0v) is 18.2. The van der Waals surface area contributed by atoms with Gasteiger partial charge >= 0.3 is 0 Å². The van der Waals surface area contributed by atoms with Crippen LogP contribution in [0.3, 0.4) is 0 Å². The summed E-state index contributed by atoms with van der Waals surface area (Å²) in [5, 5.41) is 3.13. The van der Waals surface area contributed by atoms with Crippen molar-refractivity contribution in [1.29, 1.82) is 0 Å². The molecule has 1 aromatic carbocycles. The van der Waals surface area contributed by atoms with E-state index in [4.69, 9.17) is 15.2 Å². The van der Waals surface area contributed by atoms with Crippen molar-refractivity contribution in [3.8, 4) is 11.5 Å². The smallest absolute Gasteiger partial charge is 0.193 e. The predicted octanol–water partition coefficient (Wildman–Crippen LogP) is 4.04. The van der Waals surface area contributed by atoms with E-state index in [9.17, 15) is 0 Å². The van der Waals surface area contributed by atoms with Crippen LogP contribution in [0, 0.1) is 5.92 Å². The summed E-state index contributed by atoms with van der Waals surface area (Å²) in [7, 11) is 0. The van der Waals surface area contributed by atoms with Gasteiger partial charge in [0.2, 0.25) is 0 Å². The van der Waals surface area contributed by atoms with E-state index in [0.29, 0.717) is 31.5 Å². The molecule has 2 heterocycles. The van der Waals surface area contributed by atoms with E-state index in [1.165, 1.54) is 12.8 Å². The van der Waals surface area contributed by atoms with Crippen LogP contribution in [0.5, 0.6) is 11.5 Å². The van der Waals surface area contributed by atoms with Crippen LogP contribution in [0.25, 0.3) is 0 Å². The van der Waals surface area contributed by atoms with Gasteiger partial charge in [0.1, 0.15) is 17.3 Å². The Morgan fingerprint density at radius 1 is 1.17 bits per heavy atom. The highest BCUT2D eigenvalue weighted by atomic mass is 16.5. The maximum absolute atomic E-state index is 6.12. The molecule has 0 bridgehead atoms. The Morgan fingerprint density at radius 3 is 2.60 bits per heavy atom. The minimum Gasteiger partial charge on any atom is -0.494 e. The first kappa shape index (κ1) is 21.7. The van der Waals surface area contributed by atoms with E-state index in [1.807, 2.05) is 38.2 Å². The van der Waals surface area contributed by atoms with E-state index in [0.717, 1.165) is 41.8 Å². The molecule has 162 valence electrons. The van der Waals surface area contributed by atoms with Crippen molar-refractivity contribution in [2.45, 2.75) is 40.2 Å². The molecule has 0 radical (unpaired) electrons. The number of nitrogens with one attached hydrogen (secondary N) is 1. The molecule has 0 aliphatic carbocycles. The summed E-state index contributed by atoms with van der Waals surface area (Å²) >= 11 is 0. The van der Waals surface area contributed by atoms with Crippen molar-refractivity contribution in [3.05, 3.63) is 42.1 Å². The van der Waals surface area contributed by atoms with Gasteiger partial charge in [-0.1, -0.05) is 13.0 Å². The van der Waals surface area contributed by atoms with Gasteiger partial charge in [-0.15, -0.1) is 0 Å². The Balaban J connectivity index is 1.61. The maximum atomic E-state index is 6.12. The monoisotopic (exact) mass is 411 g/mol. The number of guanidine groups is 1. The number of aromatic nitrogens is 1. The lowest BCUT2D eigenvalue weighted by Crippen LogP contribution is -2.33. The van der Waals surface area contributed by atoms with E-state index in [2.05, 4.69) is 39.2 Å². The van der Waals surface area contributed by atoms with Crippen LogP contribution < -0.4 is 25.4 Å². The molecular weight excluding hydrogens is 378 g/mol. The van der Waals surface area contributed by atoms with E-state index in [-0.39, 0.29) is 0 Å². The Kier molecular flexibility index (Phi) is 7.76. The lowest BCUT2D eigenvalue weighted by atomic mass is 9.99. The van der Waals surface area contributed by atoms with Crippen LogP contribution >= 0.6 is 0 Å². The van der Waals surface area contributed by atoms with Crippen LogP contribution in [0.4, 0.5) is 11.5 Å². The molecule has 30 heavy (non-hydrogen) atoms. The van der Waals surface area contributed by atoms with Gasteiger partial charge in [0.15, 0.2) is 5.96 Å². The molecule has 0 spiro atoms. The lowest BCUT2D eigenvalue weighted by molar-refractivity contribution is 0.332. The highest BCUT2D eigenvalue weighted by molar-refractivity contribution is 5.94. The highest BCUT2D eigenvalue weighted by Crippen LogP contribution is 2.29. The summed E-state index contributed by atoms with van der Waals surface area (Å²) in [5.74, 6) is 3.63. The maximum Gasteiger partial charge on any atom is 0.193 e. The fourth-order valence-corrected chi connectivity index (χ4v) is 3.43.